The summed E-state index contributed by atoms with van der Waals surface area (Å²) in [7, 11) is 1.61. The first kappa shape index (κ1) is 25.3. The van der Waals surface area contributed by atoms with Crippen LogP contribution in [0.4, 0.5) is 0 Å². The maximum Gasteiger partial charge on any atom is 0.243 e. The zero-order valence-corrected chi connectivity index (χ0v) is 20.4. The number of ether oxygens (including phenoxy) is 1. The number of hydrogen-bond donors (Lipinski definition) is 1. The van der Waals surface area contributed by atoms with Crippen molar-refractivity contribution in [1.82, 2.24) is 10.2 Å². The molecule has 3 rings (SSSR count). The highest BCUT2D eigenvalue weighted by Gasteiger charge is 2.30. The SMILES string of the molecule is CCCNC(=O)[C@@H](Cc1ccccc1)N(Cc1cccc(OC)c1)C(=O)Cc1ccccc1Cl. The van der Waals surface area contributed by atoms with Crippen LogP contribution in [0.15, 0.2) is 78.9 Å². The molecule has 0 saturated carbocycles. The van der Waals surface area contributed by atoms with Crippen molar-refractivity contribution < 1.29 is 14.3 Å². The standard InChI is InChI=1S/C28H31ClN2O3/c1-3-16-30-28(33)26(18-21-10-5-4-6-11-21)31(20-22-12-9-14-24(17-22)34-2)27(32)19-23-13-7-8-15-25(23)29/h4-15,17,26H,3,16,18-20H2,1-2H3,(H,30,33)/t26-/m1/s1. The van der Waals surface area contributed by atoms with Gasteiger partial charge in [-0.1, -0.05) is 79.2 Å². The van der Waals surface area contributed by atoms with Gasteiger partial charge in [-0.2, -0.15) is 0 Å². The average Bonchev–Trinajstić information content (AvgIpc) is 2.86. The van der Waals surface area contributed by atoms with Crippen molar-refractivity contribution >= 4 is 23.4 Å². The Morgan fingerprint density at radius 1 is 0.971 bits per heavy atom. The molecule has 6 heteroatoms. The van der Waals surface area contributed by atoms with Crippen LogP contribution in [0.25, 0.3) is 0 Å². The molecular weight excluding hydrogens is 448 g/mol. The van der Waals surface area contributed by atoms with Crippen LogP contribution in [0.5, 0.6) is 5.75 Å². The Kier molecular flexibility index (Phi) is 9.53. The summed E-state index contributed by atoms with van der Waals surface area (Å²) in [5, 5.41) is 3.52. The van der Waals surface area contributed by atoms with Crippen molar-refractivity contribution in [3.63, 3.8) is 0 Å². The Labute approximate surface area is 206 Å². The summed E-state index contributed by atoms with van der Waals surface area (Å²) in [5.41, 5.74) is 2.60. The molecule has 0 aliphatic rings. The molecule has 2 amide bonds. The summed E-state index contributed by atoms with van der Waals surface area (Å²) < 4.78 is 5.36. The third-order valence-electron chi connectivity index (χ3n) is 5.61. The lowest BCUT2D eigenvalue weighted by atomic mass is 10.0. The second-order valence-corrected chi connectivity index (χ2v) is 8.55. The Balaban J connectivity index is 1.97. The van der Waals surface area contributed by atoms with Crippen molar-refractivity contribution in [1.29, 1.82) is 0 Å². The smallest absolute Gasteiger partial charge is 0.243 e. The van der Waals surface area contributed by atoms with E-state index in [-0.39, 0.29) is 24.8 Å². The van der Waals surface area contributed by atoms with E-state index in [4.69, 9.17) is 16.3 Å². The maximum absolute atomic E-state index is 13.7. The fourth-order valence-corrected chi connectivity index (χ4v) is 4.00. The highest BCUT2D eigenvalue weighted by Crippen LogP contribution is 2.21. The van der Waals surface area contributed by atoms with E-state index in [1.807, 2.05) is 79.7 Å². The van der Waals surface area contributed by atoms with Gasteiger partial charge in [0.1, 0.15) is 11.8 Å². The summed E-state index contributed by atoms with van der Waals surface area (Å²) in [5.74, 6) is 0.371. The van der Waals surface area contributed by atoms with Crippen LogP contribution >= 0.6 is 11.6 Å². The first-order valence-corrected chi connectivity index (χ1v) is 11.9. The van der Waals surface area contributed by atoms with Crippen LogP contribution in [-0.4, -0.2) is 36.4 Å². The van der Waals surface area contributed by atoms with E-state index in [1.54, 1.807) is 18.1 Å². The highest BCUT2D eigenvalue weighted by atomic mass is 35.5. The van der Waals surface area contributed by atoms with Crippen LogP contribution in [-0.2, 0) is 29.0 Å². The van der Waals surface area contributed by atoms with Crippen LogP contribution in [0.1, 0.15) is 30.0 Å². The molecule has 34 heavy (non-hydrogen) atoms. The number of hydrogen-bond acceptors (Lipinski definition) is 3. The van der Waals surface area contributed by atoms with Crippen molar-refractivity contribution in [2.75, 3.05) is 13.7 Å². The molecule has 0 aliphatic heterocycles. The molecule has 0 bridgehead atoms. The molecule has 0 unspecified atom stereocenters. The van der Waals surface area contributed by atoms with Gasteiger partial charge in [0.15, 0.2) is 0 Å². The van der Waals surface area contributed by atoms with Crippen LogP contribution in [0.3, 0.4) is 0 Å². The summed E-state index contributed by atoms with van der Waals surface area (Å²) in [6.45, 7) is 2.83. The van der Waals surface area contributed by atoms with Gasteiger partial charge in [-0.05, 0) is 41.3 Å². The van der Waals surface area contributed by atoms with Gasteiger partial charge in [0.25, 0.3) is 0 Å². The third-order valence-corrected chi connectivity index (χ3v) is 5.98. The van der Waals surface area contributed by atoms with Gasteiger partial charge < -0.3 is 15.0 Å². The normalized spacial score (nSPS) is 11.5. The summed E-state index contributed by atoms with van der Waals surface area (Å²) >= 11 is 6.35. The van der Waals surface area contributed by atoms with E-state index in [0.717, 1.165) is 23.1 Å². The van der Waals surface area contributed by atoms with Crippen LogP contribution in [0.2, 0.25) is 5.02 Å². The molecule has 3 aromatic carbocycles. The molecule has 0 aromatic heterocycles. The lowest BCUT2D eigenvalue weighted by Gasteiger charge is -2.32. The number of methoxy groups -OCH3 is 1. The number of rotatable bonds is 11. The number of amides is 2. The van der Waals surface area contributed by atoms with Gasteiger partial charge in [-0.15, -0.1) is 0 Å². The monoisotopic (exact) mass is 478 g/mol. The third kappa shape index (κ3) is 7.09. The van der Waals surface area contributed by atoms with Crippen molar-refractivity contribution in [3.05, 3.63) is 101 Å². The summed E-state index contributed by atoms with van der Waals surface area (Å²) in [6.07, 6.45) is 1.33. The molecule has 0 heterocycles. The number of nitrogens with one attached hydrogen (secondary N) is 1. The zero-order valence-electron chi connectivity index (χ0n) is 19.7. The van der Waals surface area contributed by atoms with Gasteiger partial charge in [0.2, 0.25) is 11.8 Å². The minimum atomic E-state index is -0.671. The predicted molar refractivity (Wildman–Crippen MR) is 136 cm³/mol. The zero-order chi connectivity index (χ0) is 24.3. The van der Waals surface area contributed by atoms with Gasteiger partial charge >= 0.3 is 0 Å². The Bertz CT molecular complexity index is 1090. The summed E-state index contributed by atoms with van der Waals surface area (Å²) in [6, 6.07) is 24.0. The quantitative estimate of drug-likeness (QED) is 0.419. The number of carbonyl (C=O) groups excluding carboxylic acids is 2. The molecule has 5 nitrogen and oxygen atoms in total. The minimum Gasteiger partial charge on any atom is -0.497 e. The maximum atomic E-state index is 13.7. The molecule has 0 spiro atoms. The van der Waals surface area contributed by atoms with E-state index in [2.05, 4.69) is 5.32 Å². The molecule has 0 radical (unpaired) electrons. The van der Waals surface area contributed by atoms with Crippen LogP contribution in [0, 0.1) is 0 Å². The molecule has 0 fully saturated rings. The molecule has 1 N–H and O–H groups in total. The van der Waals surface area contributed by atoms with Gasteiger partial charge in [-0.25, -0.2) is 0 Å². The van der Waals surface area contributed by atoms with Gasteiger partial charge in [0.05, 0.1) is 13.5 Å². The van der Waals surface area contributed by atoms with Crippen LogP contribution < -0.4 is 10.1 Å². The lowest BCUT2D eigenvalue weighted by Crippen LogP contribution is -2.51. The molecule has 0 saturated heterocycles. The second-order valence-electron chi connectivity index (χ2n) is 8.14. The summed E-state index contributed by atoms with van der Waals surface area (Å²) in [4.78, 5) is 28.7. The Morgan fingerprint density at radius 3 is 2.38 bits per heavy atom. The van der Waals surface area contributed by atoms with Crippen molar-refractivity contribution in [2.24, 2.45) is 0 Å². The molecule has 3 aromatic rings. The van der Waals surface area contributed by atoms with E-state index >= 15 is 0 Å². The first-order valence-electron chi connectivity index (χ1n) is 11.5. The van der Waals surface area contributed by atoms with E-state index in [1.165, 1.54) is 0 Å². The molecule has 1 atom stereocenters. The fraction of sp³-hybridized carbons (Fsp3) is 0.286. The Morgan fingerprint density at radius 2 is 1.68 bits per heavy atom. The van der Waals surface area contributed by atoms with Crippen molar-refractivity contribution in [3.8, 4) is 5.75 Å². The lowest BCUT2D eigenvalue weighted by molar-refractivity contribution is -0.140. The first-order chi connectivity index (χ1) is 16.5. The van der Waals surface area contributed by atoms with E-state index < -0.39 is 6.04 Å². The van der Waals surface area contributed by atoms with Gasteiger partial charge in [0, 0.05) is 24.5 Å². The number of nitrogens with zero attached hydrogens (tertiary/aromatic N) is 1. The minimum absolute atomic E-state index is 0.107. The number of carbonyl (C=O) groups is 2. The number of halogens is 1. The largest absolute Gasteiger partial charge is 0.497 e. The molecular formula is C28H31ClN2O3. The molecule has 178 valence electrons. The van der Waals surface area contributed by atoms with Crippen molar-refractivity contribution in [2.45, 2.75) is 38.8 Å². The topological polar surface area (TPSA) is 58.6 Å². The fourth-order valence-electron chi connectivity index (χ4n) is 3.79. The van der Waals surface area contributed by atoms with Gasteiger partial charge in [-0.3, -0.25) is 9.59 Å². The van der Waals surface area contributed by atoms with E-state index in [9.17, 15) is 9.59 Å². The Hall–Kier alpha value is -3.31. The predicted octanol–water partition coefficient (Wildman–Crippen LogP) is 5.06. The number of benzene rings is 3. The van der Waals surface area contributed by atoms with E-state index in [0.29, 0.717) is 23.7 Å². The second kappa shape index (κ2) is 12.8. The highest BCUT2D eigenvalue weighted by molar-refractivity contribution is 6.31. The average molecular weight is 479 g/mol. The molecule has 0 aliphatic carbocycles.